The highest BCUT2D eigenvalue weighted by Crippen LogP contribution is 2.23. The van der Waals surface area contributed by atoms with Crippen molar-refractivity contribution >= 4 is 27.3 Å². The molecule has 2 aromatic carbocycles. The Bertz CT molecular complexity index is 731. The monoisotopic (exact) mass is 325 g/mol. The van der Waals surface area contributed by atoms with Crippen molar-refractivity contribution in [2.75, 3.05) is 4.72 Å². The molecular formula is C15H16ClNO3S. The van der Waals surface area contributed by atoms with Gasteiger partial charge in [0.1, 0.15) is 0 Å². The van der Waals surface area contributed by atoms with Gasteiger partial charge in [-0.15, -0.1) is 0 Å². The van der Waals surface area contributed by atoms with Crippen LogP contribution in [-0.4, -0.2) is 13.5 Å². The first-order valence-electron chi connectivity index (χ1n) is 6.49. The summed E-state index contributed by atoms with van der Waals surface area (Å²) >= 11 is 5.84. The number of nitrogens with one attached hydrogen (secondary N) is 1. The molecule has 0 saturated carbocycles. The first-order chi connectivity index (χ1) is 9.92. The smallest absolute Gasteiger partial charge is 0.261 e. The average molecular weight is 326 g/mol. The maximum atomic E-state index is 12.3. The average Bonchev–Trinajstić information content (AvgIpc) is 2.46. The molecule has 6 heteroatoms. The van der Waals surface area contributed by atoms with Crippen LogP contribution < -0.4 is 4.72 Å². The summed E-state index contributed by atoms with van der Waals surface area (Å²) in [7, 11) is -3.71. The summed E-state index contributed by atoms with van der Waals surface area (Å²) in [6, 6.07) is 12.8. The lowest BCUT2D eigenvalue weighted by Gasteiger charge is -2.12. The molecule has 112 valence electrons. The van der Waals surface area contributed by atoms with Gasteiger partial charge in [0.15, 0.2) is 0 Å². The van der Waals surface area contributed by atoms with E-state index in [-0.39, 0.29) is 4.90 Å². The molecule has 0 spiro atoms. The van der Waals surface area contributed by atoms with E-state index in [1.807, 2.05) is 6.92 Å². The molecule has 0 bridgehead atoms. The van der Waals surface area contributed by atoms with Gasteiger partial charge in [-0.1, -0.05) is 36.7 Å². The fourth-order valence-corrected chi connectivity index (χ4v) is 3.19. The predicted octanol–water partition coefficient (Wildman–Crippen LogP) is 3.58. The summed E-state index contributed by atoms with van der Waals surface area (Å²) in [5.74, 6) is 0. The fourth-order valence-electron chi connectivity index (χ4n) is 1.89. The van der Waals surface area contributed by atoms with E-state index in [9.17, 15) is 13.5 Å². The number of anilines is 1. The van der Waals surface area contributed by atoms with E-state index < -0.39 is 16.1 Å². The third-order valence-electron chi connectivity index (χ3n) is 3.02. The zero-order chi connectivity index (χ0) is 15.5. The zero-order valence-electron chi connectivity index (χ0n) is 11.5. The summed E-state index contributed by atoms with van der Waals surface area (Å²) < 4.78 is 27.1. The van der Waals surface area contributed by atoms with E-state index in [2.05, 4.69) is 4.72 Å². The molecule has 0 amide bonds. The molecule has 1 atom stereocenters. The first-order valence-corrected chi connectivity index (χ1v) is 8.35. The van der Waals surface area contributed by atoms with Crippen molar-refractivity contribution in [3.05, 3.63) is 59.1 Å². The number of hydrogen-bond donors (Lipinski definition) is 2. The van der Waals surface area contributed by atoms with Crippen LogP contribution in [-0.2, 0) is 10.0 Å². The number of sulfonamides is 1. The van der Waals surface area contributed by atoms with E-state index >= 15 is 0 Å². The largest absolute Gasteiger partial charge is 0.388 e. The summed E-state index contributed by atoms with van der Waals surface area (Å²) in [6.45, 7) is 1.83. The van der Waals surface area contributed by atoms with Gasteiger partial charge in [0.25, 0.3) is 10.0 Å². The lowest BCUT2D eigenvalue weighted by Crippen LogP contribution is -2.13. The second kappa shape index (κ2) is 6.47. The molecule has 2 aromatic rings. The van der Waals surface area contributed by atoms with Crippen molar-refractivity contribution in [1.29, 1.82) is 0 Å². The Labute approximate surface area is 129 Å². The minimum Gasteiger partial charge on any atom is -0.388 e. The Balaban J connectivity index is 2.31. The summed E-state index contributed by atoms with van der Waals surface area (Å²) in [6.07, 6.45) is -0.156. The molecular weight excluding hydrogens is 310 g/mol. The van der Waals surface area contributed by atoms with E-state index in [4.69, 9.17) is 11.6 Å². The van der Waals surface area contributed by atoms with Crippen LogP contribution in [0.15, 0.2) is 53.4 Å². The molecule has 0 aliphatic heterocycles. The lowest BCUT2D eigenvalue weighted by atomic mass is 10.1. The second-order valence-corrected chi connectivity index (χ2v) is 6.73. The molecule has 0 heterocycles. The van der Waals surface area contributed by atoms with Crippen molar-refractivity contribution in [1.82, 2.24) is 0 Å². The van der Waals surface area contributed by atoms with Gasteiger partial charge in [-0.3, -0.25) is 4.72 Å². The van der Waals surface area contributed by atoms with Gasteiger partial charge in [0.2, 0.25) is 0 Å². The van der Waals surface area contributed by atoms with Crippen molar-refractivity contribution in [3.63, 3.8) is 0 Å². The van der Waals surface area contributed by atoms with Crippen molar-refractivity contribution in [2.24, 2.45) is 0 Å². The number of benzene rings is 2. The van der Waals surface area contributed by atoms with Gasteiger partial charge in [0, 0.05) is 5.02 Å². The Morgan fingerprint density at radius 3 is 2.57 bits per heavy atom. The predicted molar refractivity (Wildman–Crippen MR) is 84.0 cm³/mol. The molecule has 4 nitrogen and oxygen atoms in total. The topological polar surface area (TPSA) is 66.4 Å². The highest BCUT2D eigenvalue weighted by molar-refractivity contribution is 7.92. The van der Waals surface area contributed by atoms with E-state index in [0.29, 0.717) is 22.7 Å². The van der Waals surface area contributed by atoms with Gasteiger partial charge >= 0.3 is 0 Å². The number of aliphatic hydroxyl groups is 1. The molecule has 2 N–H and O–H groups in total. The third kappa shape index (κ3) is 3.97. The number of aliphatic hydroxyl groups excluding tert-OH is 1. The Morgan fingerprint density at radius 2 is 1.90 bits per heavy atom. The molecule has 0 aliphatic rings. The van der Waals surface area contributed by atoms with Crippen molar-refractivity contribution in [2.45, 2.75) is 24.3 Å². The van der Waals surface area contributed by atoms with E-state index in [0.717, 1.165) is 0 Å². The van der Waals surface area contributed by atoms with Crippen molar-refractivity contribution < 1.29 is 13.5 Å². The minimum absolute atomic E-state index is 0.104. The van der Waals surface area contributed by atoms with Gasteiger partial charge in [-0.05, 0) is 42.3 Å². The SMILES string of the molecule is CCC(O)c1cccc(S(=O)(=O)Nc2cccc(Cl)c2)c1. The van der Waals surface area contributed by atoms with Crippen LogP contribution in [0.3, 0.4) is 0 Å². The normalized spacial score (nSPS) is 12.9. The van der Waals surface area contributed by atoms with E-state index in [1.165, 1.54) is 18.2 Å². The maximum absolute atomic E-state index is 12.3. The van der Waals surface area contributed by atoms with Gasteiger partial charge in [-0.25, -0.2) is 8.42 Å². The lowest BCUT2D eigenvalue weighted by molar-refractivity contribution is 0.173. The van der Waals surface area contributed by atoms with Gasteiger partial charge in [0.05, 0.1) is 16.7 Å². The van der Waals surface area contributed by atoms with Crippen LogP contribution in [0, 0.1) is 0 Å². The van der Waals surface area contributed by atoms with Gasteiger partial charge in [-0.2, -0.15) is 0 Å². The third-order valence-corrected chi connectivity index (χ3v) is 4.63. The minimum atomic E-state index is -3.71. The number of rotatable bonds is 5. The van der Waals surface area contributed by atoms with Crippen LogP contribution in [0.1, 0.15) is 25.0 Å². The van der Waals surface area contributed by atoms with Crippen LogP contribution in [0.2, 0.25) is 5.02 Å². The fraction of sp³-hybridized carbons (Fsp3) is 0.200. The highest BCUT2D eigenvalue weighted by atomic mass is 35.5. The molecule has 0 fully saturated rings. The number of hydrogen-bond acceptors (Lipinski definition) is 3. The first kappa shape index (κ1) is 15.8. The molecule has 2 rings (SSSR count). The van der Waals surface area contributed by atoms with E-state index in [1.54, 1.807) is 30.3 Å². The summed E-state index contributed by atoms with van der Waals surface area (Å²) in [5, 5.41) is 10.3. The Hall–Kier alpha value is -1.56. The highest BCUT2D eigenvalue weighted by Gasteiger charge is 2.16. The molecule has 0 aliphatic carbocycles. The summed E-state index contributed by atoms with van der Waals surface area (Å²) in [5.41, 5.74) is 0.968. The molecule has 0 saturated heterocycles. The van der Waals surface area contributed by atoms with Crippen LogP contribution in [0.4, 0.5) is 5.69 Å². The number of halogens is 1. The molecule has 0 aromatic heterocycles. The molecule has 0 radical (unpaired) electrons. The Kier molecular flexibility index (Phi) is 4.88. The molecule has 21 heavy (non-hydrogen) atoms. The maximum Gasteiger partial charge on any atom is 0.261 e. The quantitative estimate of drug-likeness (QED) is 0.883. The van der Waals surface area contributed by atoms with Crippen LogP contribution in [0.5, 0.6) is 0 Å². The van der Waals surface area contributed by atoms with Crippen molar-refractivity contribution in [3.8, 4) is 0 Å². The summed E-state index contributed by atoms with van der Waals surface area (Å²) in [4.78, 5) is 0.104. The Morgan fingerprint density at radius 1 is 1.19 bits per heavy atom. The second-order valence-electron chi connectivity index (χ2n) is 4.61. The van der Waals surface area contributed by atoms with Crippen LogP contribution >= 0.6 is 11.6 Å². The molecule has 1 unspecified atom stereocenters. The van der Waals surface area contributed by atoms with Gasteiger partial charge < -0.3 is 5.11 Å². The zero-order valence-corrected chi connectivity index (χ0v) is 13.0. The standard InChI is InChI=1S/C15H16ClNO3S/c1-2-15(18)11-5-3-8-14(9-11)21(19,20)17-13-7-4-6-12(16)10-13/h3-10,15,17-18H,2H2,1H3. The van der Waals surface area contributed by atoms with Crippen LogP contribution in [0.25, 0.3) is 0 Å².